The van der Waals surface area contributed by atoms with E-state index in [9.17, 15) is 9.90 Å². The van der Waals surface area contributed by atoms with Gasteiger partial charge in [0.15, 0.2) is 5.78 Å². The molecule has 0 aromatic rings. The third-order valence-electron chi connectivity index (χ3n) is 1.85. The second-order valence-corrected chi connectivity index (χ2v) is 2.99. The first-order valence-corrected chi connectivity index (χ1v) is 4.16. The summed E-state index contributed by atoms with van der Waals surface area (Å²) in [6, 6.07) is 0. The minimum Gasteiger partial charge on any atom is -0.391 e. The van der Waals surface area contributed by atoms with Gasteiger partial charge in [-0.2, -0.15) is 0 Å². The van der Waals surface area contributed by atoms with Crippen molar-refractivity contribution >= 4 is 5.78 Å². The maximum Gasteiger partial charge on any atom is 0.163 e. The van der Waals surface area contributed by atoms with Crippen LogP contribution >= 0.6 is 0 Å². The van der Waals surface area contributed by atoms with Gasteiger partial charge >= 0.3 is 0 Å². The molecule has 0 aliphatic rings. The maximum absolute atomic E-state index is 10.9. The van der Waals surface area contributed by atoms with Crippen molar-refractivity contribution in [1.82, 2.24) is 0 Å². The zero-order valence-corrected chi connectivity index (χ0v) is 7.71. The molecule has 0 aromatic heterocycles. The molecule has 0 bridgehead atoms. The van der Waals surface area contributed by atoms with Crippen molar-refractivity contribution in [2.45, 2.75) is 44.7 Å². The summed E-state index contributed by atoms with van der Waals surface area (Å²) >= 11 is 0. The van der Waals surface area contributed by atoms with Crippen molar-refractivity contribution in [3.05, 3.63) is 0 Å². The molecule has 0 aliphatic heterocycles. The Labute approximate surface area is 76.6 Å². The van der Waals surface area contributed by atoms with Crippen LogP contribution in [0, 0.1) is 0 Å². The summed E-state index contributed by atoms with van der Waals surface area (Å²) in [5.41, 5.74) is 0. The van der Waals surface area contributed by atoms with E-state index in [2.05, 4.69) is 0 Å². The van der Waals surface area contributed by atoms with E-state index in [4.69, 9.17) is 15.3 Å². The van der Waals surface area contributed by atoms with Gasteiger partial charge in [0, 0.05) is 6.42 Å². The molecule has 13 heavy (non-hydrogen) atoms. The molecule has 0 spiro atoms. The molecule has 0 amide bonds. The van der Waals surface area contributed by atoms with E-state index >= 15 is 0 Å². The Morgan fingerprint density at radius 1 is 1.15 bits per heavy atom. The molecule has 0 radical (unpaired) electrons. The smallest absolute Gasteiger partial charge is 0.163 e. The Kier molecular flexibility index (Phi) is 5.09. The van der Waals surface area contributed by atoms with Gasteiger partial charge in [0.05, 0.1) is 6.10 Å². The molecule has 0 unspecified atom stereocenters. The summed E-state index contributed by atoms with van der Waals surface area (Å²) in [7, 11) is 0. The highest BCUT2D eigenvalue weighted by molar-refractivity contribution is 5.83. The highest BCUT2D eigenvalue weighted by atomic mass is 16.4. The van der Waals surface area contributed by atoms with E-state index in [0.29, 0.717) is 0 Å². The van der Waals surface area contributed by atoms with Gasteiger partial charge in [0.1, 0.15) is 18.3 Å². The summed E-state index contributed by atoms with van der Waals surface area (Å²) in [5.74, 6) is -0.563. The topological polar surface area (TPSA) is 98.0 Å². The number of aliphatic hydroxyl groups excluding tert-OH is 4. The second-order valence-electron chi connectivity index (χ2n) is 2.99. The number of rotatable bonds is 5. The Hall–Kier alpha value is -0.490. The van der Waals surface area contributed by atoms with Gasteiger partial charge < -0.3 is 20.4 Å². The van der Waals surface area contributed by atoms with Crippen LogP contribution in [-0.2, 0) is 4.79 Å². The maximum atomic E-state index is 10.9. The Morgan fingerprint density at radius 3 is 1.92 bits per heavy atom. The summed E-state index contributed by atoms with van der Waals surface area (Å²) in [6.45, 7) is 2.80. The van der Waals surface area contributed by atoms with E-state index in [1.165, 1.54) is 13.8 Å². The van der Waals surface area contributed by atoms with Crippen LogP contribution in [0.4, 0.5) is 0 Å². The first kappa shape index (κ1) is 12.5. The summed E-state index contributed by atoms with van der Waals surface area (Å²) in [5, 5.41) is 36.3. The molecular formula is C8H16O5. The molecule has 0 rings (SSSR count). The molecule has 0 heterocycles. The van der Waals surface area contributed by atoms with Gasteiger partial charge in [-0.1, -0.05) is 6.92 Å². The molecular weight excluding hydrogens is 176 g/mol. The van der Waals surface area contributed by atoms with Gasteiger partial charge in [-0.3, -0.25) is 4.79 Å². The zero-order valence-electron chi connectivity index (χ0n) is 7.71. The lowest BCUT2D eigenvalue weighted by Gasteiger charge is -2.23. The van der Waals surface area contributed by atoms with Crippen LogP contribution in [0.1, 0.15) is 20.3 Å². The van der Waals surface area contributed by atoms with Crippen molar-refractivity contribution in [2.75, 3.05) is 0 Å². The van der Waals surface area contributed by atoms with E-state index in [1.54, 1.807) is 0 Å². The minimum absolute atomic E-state index is 0.0742. The van der Waals surface area contributed by atoms with Crippen molar-refractivity contribution < 1.29 is 25.2 Å². The highest BCUT2D eigenvalue weighted by Crippen LogP contribution is 2.06. The highest BCUT2D eigenvalue weighted by Gasteiger charge is 2.31. The van der Waals surface area contributed by atoms with Crippen LogP contribution in [0.15, 0.2) is 0 Å². The molecule has 0 saturated heterocycles. The zero-order chi connectivity index (χ0) is 10.6. The number of carbonyl (C=O) groups excluding carboxylic acids is 1. The van der Waals surface area contributed by atoms with Gasteiger partial charge in [-0.05, 0) is 6.92 Å². The van der Waals surface area contributed by atoms with Crippen molar-refractivity contribution in [2.24, 2.45) is 0 Å². The molecule has 4 atom stereocenters. The quantitative estimate of drug-likeness (QED) is 0.422. The third kappa shape index (κ3) is 3.40. The molecule has 0 aromatic carbocycles. The molecule has 4 N–H and O–H groups in total. The Morgan fingerprint density at radius 2 is 1.62 bits per heavy atom. The average Bonchev–Trinajstić information content (AvgIpc) is 2.12. The molecule has 0 fully saturated rings. The largest absolute Gasteiger partial charge is 0.391 e. The standard InChI is InChI=1S/C8H16O5/c1-3-5(10)7(12)8(13)6(11)4(2)9/h4,6-9,11-13H,3H2,1-2H3/t4-,6-,7-,8+/m0/s1. The predicted molar refractivity (Wildman–Crippen MR) is 45.0 cm³/mol. The van der Waals surface area contributed by atoms with Crippen molar-refractivity contribution in [3.63, 3.8) is 0 Å². The number of aliphatic hydroxyl groups is 4. The number of carbonyl (C=O) groups is 1. The van der Waals surface area contributed by atoms with E-state index in [-0.39, 0.29) is 6.42 Å². The molecule has 5 heteroatoms. The van der Waals surface area contributed by atoms with E-state index < -0.39 is 30.2 Å². The van der Waals surface area contributed by atoms with Crippen LogP contribution in [0.5, 0.6) is 0 Å². The summed E-state index contributed by atoms with van der Waals surface area (Å²) < 4.78 is 0. The van der Waals surface area contributed by atoms with Gasteiger partial charge in [-0.15, -0.1) is 0 Å². The molecule has 0 saturated carbocycles. The van der Waals surface area contributed by atoms with Crippen LogP contribution in [0.2, 0.25) is 0 Å². The van der Waals surface area contributed by atoms with Crippen molar-refractivity contribution in [3.8, 4) is 0 Å². The van der Waals surface area contributed by atoms with Gasteiger partial charge in [0.25, 0.3) is 0 Å². The summed E-state index contributed by atoms with van der Waals surface area (Å²) in [6.07, 6.45) is -5.88. The molecule has 0 aliphatic carbocycles. The monoisotopic (exact) mass is 192 g/mol. The normalized spacial score (nSPS) is 20.5. The van der Waals surface area contributed by atoms with Gasteiger partial charge in [0.2, 0.25) is 0 Å². The fraction of sp³-hybridized carbons (Fsp3) is 0.875. The Bertz CT molecular complexity index is 168. The average molecular weight is 192 g/mol. The van der Waals surface area contributed by atoms with E-state index in [0.717, 1.165) is 0 Å². The first-order valence-electron chi connectivity index (χ1n) is 4.16. The number of ketones is 1. The lowest BCUT2D eigenvalue weighted by molar-refractivity contribution is -0.143. The SMILES string of the molecule is CCC(=O)[C@H](O)[C@H](O)[C@@H](O)[C@H](C)O. The summed E-state index contributed by atoms with van der Waals surface area (Å²) in [4.78, 5) is 10.9. The number of hydrogen-bond donors (Lipinski definition) is 4. The minimum atomic E-state index is -1.63. The fourth-order valence-corrected chi connectivity index (χ4v) is 0.872. The fourth-order valence-electron chi connectivity index (χ4n) is 0.872. The Balaban J connectivity index is 4.24. The lowest BCUT2D eigenvalue weighted by atomic mass is 10.00. The lowest BCUT2D eigenvalue weighted by Crippen LogP contribution is -2.46. The molecule has 5 nitrogen and oxygen atoms in total. The van der Waals surface area contributed by atoms with Crippen LogP contribution in [0.3, 0.4) is 0 Å². The third-order valence-corrected chi connectivity index (χ3v) is 1.85. The van der Waals surface area contributed by atoms with E-state index in [1.807, 2.05) is 0 Å². The van der Waals surface area contributed by atoms with Crippen LogP contribution < -0.4 is 0 Å². The number of Topliss-reactive ketones (excluding diaryl/α,β-unsaturated/α-hetero) is 1. The molecule has 78 valence electrons. The van der Waals surface area contributed by atoms with Crippen molar-refractivity contribution in [1.29, 1.82) is 0 Å². The van der Waals surface area contributed by atoms with Crippen LogP contribution in [0.25, 0.3) is 0 Å². The first-order chi connectivity index (χ1) is 5.91. The second kappa shape index (κ2) is 5.29. The number of hydrogen-bond acceptors (Lipinski definition) is 5. The van der Waals surface area contributed by atoms with Crippen LogP contribution in [-0.4, -0.2) is 50.6 Å². The predicted octanol–water partition coefficient (Wildman–Crippen LogP) is -1.57. The van der Waals surface area contributed by atoms with Gasteiger partial charge in [-0.25, -0.2) is 0 Å².